The first kappa shape index (κ1) is 12.9. The van der Waals surface area contributed by atoms with E-state index in [4.69, 9.17) is 4.42 Å². The highest BCUT2D eigenvalue weighted by Gasteiger charge is 2.08. The van der Waals surface area contributed by atoms with E-state index in [1.165, 1.54) is 12.5 Å². The molecule has 22 heavy (non-hydrogen) atoms. The minimum absolute atomic E-state index is 0.0949. The molecular formula is C15H10N4O2S. The normalized spacial score (nSPS) is 11.1. The van der Waals surface area contributed by atoms with Crippen molar-refractivity contribution < 1.29 is 4.42 Å². The van der Waals surface area contributed by atoms with Gasteiger partial charge in [-0.3, -0.25) is 4.79 Å². The fourth-order valence-electron chi connectivity index (χ4n) is 2.21. The summed E-state index contributed by atoms with van der Waals surface area (Å²) >= 11 is 1.58. The Kier molecular flexibility index (Phi) is 3.05. The van der Waals surface area contributed by atoms with Crippen molar-refractivity contribution >= 4 is 21.6 Å². The SMILES string of the molecule is O=c1ccc(-c2nnco2)cn1Cc1nc2ccccc2s1. The number of thiazole rings is 1. The summed E-state index contributed by atoms with van der Waals surface area (Å²) in [6, 6.07) is 11.1. The second-order valence-corrected chi connectivity index (χ2v) is 5.82. The fraction of sp³-hybridized carbons (Fsp3) is 0.0667. The predicted octanol–water partition coefficient (Wildman–Crippen LogP) is 2.56. The summed E-state index contributed by atoms with van der Waals surface area (Å²) < 4.78 is 7.87. The molecule has 0 spiro atoms. The molecule has 4 aromatic rings. The number of nitrogens with zero attached hydrogens (tertiary/aromatic N) is 4. The monoisotopic (exact) mass is 310 g/mol. The van der Waals surface area contributed by atoms with Gasteiger partial charge in [0.25, 0.3) is 5.56 Å². The van der Waals surface area contributed by atoms with Crippen LogP contribution in [0.25, 0.3) is 21.7 Å². The van der Waals surface area contributed by atoms with E-state index >= 15 is 0 Å². The second-order valence-electron chi connectivity index (χ2n) is 4.70. The number of fused-ring (bicyclic) bond motifs is 1. The van der Waals surface area contributed by atoms with Crippen molar-refractivity contribution in [3.63, 3.8) is 0 Å². The summed E-state index contributed by atoms with van der Waals surface area (Å²) in [6.45, 7) is 0.417. The minimum Gasteiger partial charge on any atom is -0.423 e. The van der Waals surface area contributed by atoms with Crippen LogP contribution >= 0.6 is 11.3 Å². The van der Waals surface area contributed by atoms with Gasteiger partial charge in [0, 0.05) is 12.3 Å². The average Bonchev–Trinajstić information content (AvgIpc) is 3.18. The van der Waals surface area contributed by atoms with Gasteiger partial charge in [-0.2, -0.15) is 0 Å². The lowest BCUT2D eigenvalue weighted by Crippen LogP contribution is -2.19. The van der Waals surface area contributed by atoms with Crippen LogP contribution in [0.5, 0.6) is 0 Å². The Morgan fingerprint density at radius 3 is 2.91 bits per heavy atom. The maximum atomic E-state index is 12.0. The van der Waals surface area contributed by atoms with Crippen LogP contribution in [-0.2, 0) is 6.54 Å². The van der Waals surface area contributed by atoms with Crippen molar-refractivity contribution in [1.82, 2.24) is 19.7 Å². The van der Waals surface area contributed by atoms with Gasteiger partial charge in [0.2, 0.25) is 12.3 Å². The number of para-hydroxylation sites is 1. The molecule has 0 saturated carbocycles. The number of aromatic nitrogens is 4. The standard InChI is InChI=1S/C15H10N4O2S/c20-14-6-5-10(15-18-16-9-21-15)7-19(14)8-13-17-11-3-1-2-4-12(11)22-13/h1-7,9H,8H2. The second kappa shape index (κ2) is 5.19. The number of hydrogen-bond donors (Lipinski definition) is 0. The molecule has 4 rings (SSSR count). The molecule has 0 bridgehead atoms. The fourth-order valence-corrected chi connectivity index (χ4v) is 3.18. The summed E-state index contributed by atoms with van der Waals surface area (Å²) in [5.41, 5.74) is 1.56. The van der Waals surface area contributed by atoms with Crippen LogP contribution in [0.15, 0.2) is 58.2 Å². The first-order valence-electron chi connectivity index (χ1n) is 6.61. The molecule has 6 nitrogen and oxygen atoms in total. The molecule has 3 aromatic heterocycles. The van der Waals surface area contributed by atoms with Gasteiger partial charge in [-0.25, -0.2) is 4.98 Å². The van der Waals surface area contributed by atoms with Crippen molar-refractivity contribution in [2.45, 2.75) is 6.54 Å². The first-order valence-corrected chi connectivity index (χ1v) is 7.43. The highest BCUT2D eigenvalue weighted by atomic mass is 32.1. The molecule has 0 radical (unpaired) electrons. The Balaban J connectivity index is 1.73. The van der Waals surface area contributed by atoms with Crippen molar-refractivity contribution in [3.05, 3.63) is 64.4 Å². The number of hydrogen-bond acceptors (Lipinski definition) is 6. The Morgan fingerprint density at radius 1 is 1.18 bits per heavy atom. The van der Waals surface area contributed by atoms with E-state index in [0.717, 1.165) is 15.2 Å². The van der Waals surface area contributed by atoms with Gasteiger partial charge in [0.05, 0.1) is 22.3 Å². The molecular weight excluding hydrogens is 300 g/mol. The maximum absolute atomic E-state index is 12.0. The van der Waals surface area contributed by atoms with Gasteiger partial charge in [-0.15, -0.1) is 21.5 Å². The van der Waals surface area contributed by atoms with Gasteiger partial charge >= 0.3 is 0 Å². The molecule has 0 saturated heterocycles. The first-order chi connectivity index (χ1) is 10.8. The van der Waals surface area contributed by atoms with Crippen LogP contribution < -0.4 is 5.56 Å². The predicted molar refractivity (Wildman–Crippen MR) is 82.7 cm³/mol. The third-order valence-electron chi connectivity index (χ3n) is 3.23. The smallest absolute Gasteiger partial charge is 0.250 e. The van der Waals surface area contributed by atoms with E-state index in [1.54, 1.807) is 28.2 Å². The third-order valence-corrected chi connectivity index (χ3v) is 4.26. The lowest BCUT2D eigenvalue weighted by atomic mass is 10.3. The molecule has 0 fully saturated rings. The topological polar surface area (TPSA) is 73.8 Å². The molecule has 0 N–H and O–H groups in total. The molecule has 0 atom stereocenters. The Labute approximate surface area is 128 Å². The summed E-state index contributed by atoms with van der Waals surface area (Å²) in [6.07, 6.45) is 2.97. The molecule has 1 aromatic carbocycles. The third kappa shape index (κ3) is 2.31. The van der Waals surface area contributed by atoms with E-state index in [2.05, 4.69) is 15.2 Å². The maximum Gasteiger partial charge on any atom is 0.250 e. The zero-order valence-electron chi connectivity index (χ0n) is 11.3. The van der Waals surface area contributed by atoms with Gasteiger partial charge in [0.1, 0.15) is 5.01 Å². The van der Waals surface area contributed by atoms with Crippen LogP contribution in [-0.4, -0.2) is 19.7 Å². The number of pyridine rings is 1. The van der Waals surface area contributed by atoms with E-state index in [1.807, 2.05) is 24.3 Å². The van der Waals surface area contributed by atoms with Crippen molar-refractivity contribution in [2.75, 3.05) is 0 Å². The molecule has 0 aliphatic rings. The van der Waals surface area contributed by atoms with Gasteiger partial charge in [0.15, 0.2) is 0 Å². The molecule has 0 aliphatic carbocycles. The molecule has 3 heterocycles. The summed E-state index contributed by atoms with van der Waals surface area (Å²) in [4.78, 5) is 16.6. The Bertz CT molecular complexity index is 955. The van der Waals surface area contributed by atoms with E-state index < -0.39 is 0 Å². The van der Waals surface area contributed by atoms with Crippen molar-refractivity contribution in [1.29, 1.82) is 0 Å². The van der Waals surface area contributed by atoms with Crippen LogP contribution in [0.4, 0.5) is 0 Å². The zero-order valence-corrected chi connectivity index (χ0v) is 12.2. The largest absolute Gasteiger partial charge is 0.423 e. The van der Waals surface area contributed by atoms with Gasteiger partial charge in [-0.1, -0.05) is 12.1 Å². The minimum atomic E-state index is -0.0949. The molecule has 7 heteroatoms. The highest BCUT2D eigenvalue weighted by Crippen LogP contribution is 2.22. The number of benzene rings is 1. The molecule has 0 aliphatic heterocycles. The zero-order chi connectivity index (χ0) is 14.9. The Hall–Kier alpha value is -2.80. The lowest BCUT2D eigenvalue weighted by Gasteiger charge is -2.04. The molecule has 0 amide bonds. The van der Waals surface area contributed by atoms with Crippen LogP contribution in [0, 0.1) is 0 Å². The van der Waals surface area contributed by atoms with Crippen LogP contribution in [0.3, 0.4) is 0 Å². The van der Waals surface area contributed by atoms with Crippen molar-refractivity contribution in [3.8, 4) is 11.5 Å². The van der Waals surface area contributed by atoms with Crippen LogP contribution in [0.1, 0.15) is 5.01 Å². The highest BCUT2D eigenvalue weighted by molar-refractivity contribution is 7.18. The molecule has 108 valence electrons. The van der Waals surface area contributed by atoms with E-state index in [-0.39, 0.29) is 5.56 Å². The molecule has 0 unspecified atom stereocenters. The van der Waals surface area contributed by atoms with Gasteiger partial charge in [-0.05, 0) is 18.2 Å². The quantitative estimate of drug-likeness (QED) is 0.581. The number of rotatable bonds is 3. The lowest BCUT2D eigenvalue weighted by molar-refractivity contribution is 0.567. The van der Waals surface area contributed by atoms with Gasteiger partial charge < -0.3 is 8.98 Å². The average molecular weight is 310 g/mol. The van der Waals surface area contributed by atoms with E-state index in [0.29, 0.717) is 18.0 Å². The Morgan fingerprint density at radius 2 is 2.09 bits per heavy atom. The van der Waals surface area contributed by atoms with Crippen molar-refractivity contribution in [2.24, 2.45) is 0 Å². The summed E-state index contributed by atoms with van der Waals surface area (Å²) in [7, 11) is 0. The summed E-state index contributed by atoms with van der Waals surface area (Å²) in [5.74, 6) is 0.387. The van der Waals surface area contributed by atoms with Crippen LogP contribution in [0.2, 0.25) is 0 Å². The van der Waals surface area contributed by atoms with E-state index in [9.17, 15) is 4.79 Å². The summed E-state index contributed by atoms with van der Waals surface area (Å²) in [5, 5.41) is 8.38.